The molecule has 31 heavy (non-hydrogen) atoms. The minimum atomic E-state index is -0.201. The van der Waals surface area contributed by atoms with Gasteiger partial charge < -0.3 is 4.90 Å². The topological polar surface area (TPSA) is 37.4 Å². The van der Waals surface area contributed by atoms with Crippen LogP contribution < -0.4 is 0 Å². The van der Waals surface area contributed by atoms with Gasteiger partial charge in [-0.15, -0.1) is 0 Å². The number of piperidine rings is 1. The molecule has 3 heteroatoms. The summed E-state index contributed by atoms with van der Waals surface area (Å²) in [7, 11) is 2.24. The van der Waals surface area contributed by atoms with Crippen molar-refractivity contribution in [1.29, 1.82) is 0 Å². The third-order valence-corrected chi connectivity index (χ3v) is 10.9. The van der Waals surface area contributed by atoms with Gasteiger partial charge in [-0.3, -0.25) is 9.59 Å². The summed E-state index contributed by atoms with van der Waals surface area (Å²) >= 11 is 0. The molecule has 4 saturated carbocycles. The third-order valence-electron chi connectivity index (χ3n) is 10.9. The first-order valence-corrected chi connectivity index (χ1v) is 13.2. The molecular weight excluding hydrogens is 382 g/mol. The highest BCUT2D eigenvalue weighted by molar-refractivity contribution is 5.90. The summed E-state index contributed by atoms with van der Waals surface area (Å²) in [4.78, 5) is 28.5. The number of carbonyl (C=O) groups is 2. The van der Waals surface area contributed by atoms with E-state index in [0.29, 0.717) is 41.2 Å². The summed E-state index contributed by atoms with van der Waals surface area (Å²) in [5.74, 6) is 3.40. The van der Waals surface area contributed by atoms with Crippen LogP contribution in [0.25, 0.3) is 0 Å². The Morgan fingerprint density at radius 2 is 1.74 bits per heavy atom. The summed E-state index contributed by atoms with van der Waals surface area (Å²) in [6.07, 6.45) is 16.1. The normalized spacial score (nSPS) is 45.5. The molecule has 0 bridgehead atoms. The van der Waals surface area contributed by atoms with E-state index >= 15 is 0 Å². The van der Waals surface area contributed by atoms with Crippen molar-refractivity contribution in [2.75, 3.05) is 20.1 Å². The second kappa shape index (κ2) is 8.12. The van der Waals surface area contributed by atoms with E-state index in [1.54, 1.807) is 5.57 Å². The summed E-state index contributed by atoms with van der Waals surface area (Å²) in [6.45, 7) is 7.21. The van der Waals surface area contributed by atoms with Gasteiger partial charge in [0.15, 0.2) is 0 Å². The molecule has 5 aliphatic rings. The quantitative estimate of drug-likeness (QED) is 0.534. The Morgan fingerprint density at radius 1 is 0.968 bits per heavy atom. The van der Waals surface area contributed by atoms with Crippen LogP contribution in [0.15, 0.2) is 11.6 Å². The third kappa shape index (κ3) is 3.67. The smallest absolute Gasteiger partial charge is 0.139 e. The van der Waals surface area contributed by atoms with Gasteiger partial charge in [0.1, 0.15) is 11.6 Å². The molecule has 0 spiro atoms. The fourth-order valence-electron chi connectivity index (χ4n) is 8.62. The van der Waals surface area contributed by atoms with Crippen LogP contribution in [0, 0.1) is 40.4 Å². The van der Waals surface area contributed by atoms with Gasteiger partial charge in [-0.05, 0) is 113 Å². The number of hydrogen-bond donors (Lipinski definition) is 0. The number of Topliss-reactive ketones (excluding diaryl/α,β-unsaturated/α-hetero) is 2. The molecule has 172 valence electrons. The van der Waals surface area contributed by atoms with Crippen LogP contribution in [0.1, 0.15) is 90.9 Å². The van der Waals surface area contributed by atoms with E-state index in [0.717, 1.165) is 38.0 Å². The Morgan fingerprint density at radius 3 is 2.52 bits per heavy atom. The number of allylic oxidation sites excluding steroid dienone is 2. The van der Waals surface area contributed by atoms with E-state index in [2.05, 4.69) is 31.9 Å². The molecule has 5 rings (SSSR count). The van der Waals surface area contributed by atoms with E-state index in [9.17, 15) is 9.59 Å². The zero-order valence-corrected chi connectivity index (χ0v) is 20.1. The van der Waals surface area contributed by atoms with Gasteiger partial charge in [-0.25, -0.2) is 0 Å². The second-order valence-corrected chi connectivity index (χ2v) is 12.4. The first-order chi connectivity index (χ1) is 14.8. The maximum Gasteiger partial charge on any atom is 0.139 e. The fourth-order valence-corrected chi connectivity index (χ4v) is 8.62. The van der Waals surface area contributed by atoms with Crippen LogP contribution >= 0.6 is 0 Å². The SMILES string of the molecule is CN1CCC(CC/C=C2\CC[C@@]3(C)C(CC(=O)C4C3CC[C@]3(C)C(=O)CCC43)C2)CC1. The first-order valence-electron chi connectivity index (χ1n) is 13.2. The Bertz CT molecular complexity index is 763. The van der Waals surface area contributed by atoms with Crippen LogP contribution in [0.3, 0.4) is 0 Å². The fraction of sp³-hybridized carbons (Fsp3) is 0.857. The molecule has 1 saturated heterocycles. The number of hydrogen-bond acceptors (Lipinski definition) is 3. The van der Waals surface area contributed by atoms with Crippen LogP contribution in [-0.4, -0.2) is 36.6 Å². The summed E-state index contributed by atoms with van der Waals surface area (Å²) in [5.41, 5.74) is 1.74. The number of fused-ring (bicyclic) bond motifs is 5. The maximum absolute atomic E-state index is 13.4. The van der Waals surface area contributed by atoms with Crippen LogP contribution in [0.4, 0.5) is 0 Å². The zero-order valence-electron chi connectivity index (χ0n) is 20.1. The van der Waals surface area contributed by atoms with Crippen molar-refractivity contribution in [2.45, 2.75) is 90.9 Å². The Kier molecular flexibility index (Phi) is 5.72. The van der Waals surface area contributed by atoms with E-state index in [4.69, 9.17) is 0 Å². The molecule has 4 aliphatic carbocycles. The van der Waals surface area contributed by atoms with Crippen molar-refractivity contribution in [3.05, 3.63) is 11.6 Å². The van der Waals surface area contributed by atoms with Crippen molar-refractivity contribution in [1.82, 2.24) is 4.90 Å². The molecular formula is C28H43NO2. The van der Waals surface area contributed by atoms with Crippen molar-refractivity contribution >= 4 is 11.6 Å². The highest BCUT2D eigenvalue weighted by Crippen LogP contribution is 2.64. The monoisotopic (exact) mass is 425 g/mol. The standard InChI is InChI=1S/C28H43NO2/c1-27-13-9-20(6-4-5-19-11-15-29(3)16-12-19)17-21(27)18-24(30)26-22-7-8-25(31)28(22,2)14-10-23(26)27/h6,19,21-23,26H,4-5,7-18H2,1-3H3/b20-6+/t21?,22?,23?,26?,27-,28-/m0/s1. The molecule has 1 aliphatic heterocycles. The largest absolute Gasteiger partial charge is 0.306 e. The lowest BCUT2D eigenvalue weighted by molar-refractivity contribution is -0.155. The average Bonchev–Trinajstić information content (AvgIpc) is 3.05. The molecule has 1 heterocycles. The van der Waals surface area contributed by atoms with Crippen molar-refractivity contribution in [2.24, 2.45) is 40.4 Å². The molecule has 6 atom stereocenters. The number of carbonyl (C=O) groups excluding carboxylic acids is 2. The lowest BCUT2D eigenvalue weighted by Gasteiger charge is -2.58. The summed E-state index contributed by atoms with van der Waals surface area (Å²) in [6, 6.07) is 0. The number of nitrogens with zero attached hydrogens (tertiary/aromatic N) is 1. The van der Waals surface area contributed by atoms with Gasteiger partial charge in [0.2, 0.25) is 0 Å². The van der Waals surface area contributed by atoms with Crippen LogP contribution in [0.2, 0.25) is 0 Å². The lowest BCUT2D eigenvalue weighted by atomic mass is 9.44. The molecule has 5 fully saturated rings. The molecule has 0 aromatic carbocycles. The molecule has 0 aromatic rings. The van der Waals surface area contributed by atoms with Gasteiger partial charge in [-0.2, -0.15) is 0 Å². The lowest BCUT2D eigenvalue weighted by Crippen LogP contribution is -2.56. The summed E-state index contributed by atoms with van der Waals surface area (Å²) < 4.78 is 0. The summed E-state index contributed by atoms with van der Waals surface area (Å²) in [5, 5.41) is 0. The molecule has 0 aromatic heterocycles. The van der Waals surface area contributed by atoms with Crippen molar-refractivity contribution < 1.29 is 9.59 Å². The number of likely N-dealkylation sites (tertiary alicyclic amines) is 1. The van der Waals surface area contributed by atoms with Crippen molar-refractivity contribution in [3.8, 4) is 0 Å². The molecule has 3 nitrogen and oxygen atoms in total. The highest BCUT2D eigenvalue weighted by atomic mass is 16.1. The second-order valence-electron chi connectivity index (χ2n) is 12.4. The number of ketones is 2. The van der Waals surface area contributed by atoms with E-state index in [1.165, 1.54) is 51.6 Å². The van der Waals surface area contributed by atoms with Crippen LogP contribution in [-0.2, 0) is 9.59 Å². The predicted octanol–water partition coefficient (Wildman–Crippen LogP) is 5.83. The van der Waals surface area contributed by atoms with Crippen molar-refractivity contribution in [3.63, 3.8) is 0 Å². The molecule has 0 amide bonds. The Hall–Kier alpha value is -0.960. The van der Waals surface area contributed by atoms with Gasteiger partial charge >= 0.3 is 0 Å². The molecule has 0 radical (unpaired) electrons. The first kappa shape index (κ1) is 21.9. The maximum atomic E-state index is 13.4. The van der Waals surface area contributed by atoms with E-state index in [-0.39, 0.29) is 11.3 Å². The van der Waals surface area contributed by atoms with Gasteiger partial charge in [0.05, 0.1) is 0 Å². The average molecular weight is 426 g/mol. The van der Waals surface area contributed by atoms with E-state index in [1.807, 2.05) is 0 Å². The Labute approximate surface area is 189 Å². The van der Waals surface area contributed by atoms with Gasteiger partial charge in [0.25, 0.3) is 0 Å². The minimum absolute atomic E-state index is 0.168. The predicted molar refractivity (Wildman–Crippen MR) is 125 cm³/mol. The highest BCUT2D eigenvalue weighted by Gasteiger charge is 2.62. The van der Waals surface area contributed by atoms with Crippen LogP contribution in [0.5, 0.6) is 0 Å². The minimum Gasteiger partial charge on any atom is -0.306 e. The number of rotatable bonds is 3. The molecule has 4 unspecified atom stereocenters. The Balaban J connectivity index is 1.24. The zero-order chi connectivity index (χ0) is 21.8. The van der Waals surface area contributed by atoms with Gasteiger partial charge in [-0.1, -0.05) is 25.5 Å². The molecule has 0 N–H and O–H groups in total. The van der Waals surface area contributed by atoms with E-state index < -0.39 is 0 Å². The van der Waals surface area contributed by atoms with Gasteiger partial charge in [0, 0.05) is 24.2 Å².